The van der Waals surface area contributed by atoms with Crippen molar-refractivity contribution in [2.45, 2.75) is 38.8 Å². The summed E-state index contributed by atoms with van der Waals surface area (Å²) in [5.74, 6) is 0.929. The van der Waals surface area contributed by atoms with Crippen LogP contribution in [0.25, 0.3) is 0 Å². The normalized spacial score (nSPS) is 14.4. The monoisotopic (exact) mass is 338 g/mol. The molecule has 0 spiro atoms. The summed E-state index contributed by atoms with van der Waals surface area (Å²) < 4.78 is 5.19. The molecule has 1 aliphatic heterocycles. The van der Waals surface area contributed by atoms with Gasteiger partial charge >= 0.3 is 0 Å². The molecular weight excluding hydrogens is 312 g/mol. The van der Waals surface area contributed by atoms with Crippen LogP contribution in [0.3, 0.4) is 0 Å². The molecular formula is C21H26N2O2. The lowest BCUT2D eigenvalue weighted by atomic mass is 10.0. The van der Waals surface area contributed by atoms with Crippen LogP contribution >= 0.6 is 0 Å². The first kappa shape index (κ1) is 17.3. The first-order valence-electron chi connectivity index (χ1n) is 8.78. The fourth-order valence-electron chi connectivity index (χ4n) is 3.36. The fourth-order valence-corrected chi connectivity index (χ4v) is 3.36. The van der Waals surface area contributed by atoms with Crippen LogP contribution < -0.4 is 10.1 Å². The van der Waals surface area contributed by atoms with Gasteiger partial charge in [-0.25, -0.2) is 0 Å². The van der Waals surface area contributed by atoms with Crippen molar-refractivity contribution < 1.29 is 9.53 Å². The maximum Gasteiger partial charge on any atom is 0.247 e. The van der Waals surface area contributed by atoms with Gasteiger partial charge in [-0.15, -0.1) is 0 Å². The van der Waals surface area contributed by atoms with Crippen LogP contribution in [-0.4, -0.2) is 30.0 Å². The van der Waals surface area contributed by atoms with Gasteiger partial charge in [0.05, 0.1) is 7.11 Å². The number of carbonyl (C=O) groups excluding carboxylic acids is 1. The standard InChI is InChI=1S/C21H26N2O2/c1-21(2,22-18-10-12-19(25-3)13-11-18)20(24)23-14-6-9-16-7-4-5-8-17(16)15-23/h4-5,7-8,10-13,22H,6,9,14-15H2,1-3H3. The zero-order valence-corrected chi connectivity index (χ0v) is 15.2. The van der Waals surface area contributed by atoms with Gasteiger partial charge in [-0.3, -0.25) is 4.79 Å². The van der Waals surface area contributed by atoms with E-state index in [2.05, 4.69) is 23.5 Å². The van der Waals surface area contributed by atoms with Gasteiger partial charge in [0.2, 0.25) is 5.91 Å². The molecule has 0 aromatic heterocycles. The number of nitrogens with one attached hydrogen (secondary N) is 1. The number of hydrogen-bond acceptors (Lipinski definition) is 3. The number of methoxy groups -OCH3 is 1. The van der Waals surface area contributed by atoms with E-state index in [-0.39, 0.29) is 5.91 Å². The molecule has 0 aliphatic carbocycles. The van der Waals surface area contributed by atoms with Gasteiger partial charge in [0.25, 0.3) is 0 Å². The molecule has 0 unspecified atom stereocenters. The summed E-state index contributed by atoms with van der Waals surface area (Å²) >= 11 is 0. The molecule has 0 bridgehead atoms. The van der Waals surface area contributed by atoms with Gasteiger partial charge in [0, 0.05) is 18.8 Å². The summed E-state index contributed by atoms with van der Waals surface area (Å²) in [7, 11) is 1.65. The third kappa shape index (κ3) is 3.95. The largest absolute Gasteiger partial charge is 0.497 e. The third-order valence-electron chi connectivity index (χ3n) is 4.72. The van der Waals surface area contributed by atoms with Crippen LogP contribution in [0.5, 0.6) is 5.75 Å². The quantitative estimate of drug-likeness (QED) is 0.920. The Morgan fingerprint density at radius 2 is 1.76 bits per heavy atom. The lowest BCUT2D eigenvalue weighted by Gasteiger charge is -2.33. The Morgan fingerprint density at radius 1 is 1.08 bits per heavy atom. The Bertz CT molecular complexity index is 738. The molecule has 0 saturated heterocycles. The number of nitrogens with zero attached hydrogens (tertiary/aromatic N) is 1. The van der Waals surface area contributed by atoms with Crippen molar-refractivity contribution in [2.24, 2.45) is 0 Å². The molecule has 3 rings (SSSR count). The Labute approximate surface area is 149 Å². The van der Waals surface area contributed by atoms with Gasteiger partial charge in [0.15, 0.2) is 0 Å². The number of carbonyl (C=O) groups is 1. The first-order chi connectivity index (χ1) is 12.0. The van der Waals surface area contributed by atoms with E-state index in [1.165, 1.54) is 11.1 Å². The number of aryl methyl sites for hydroxylation is 1. The van der Waals surface area contributed by atoms with E-state index in [9.17, 15) is 4.79 Å². The number of hydrogen-bond donors (Lipinski definition) is 1. The molecule has 0 saturated carbocycles. The second-order valence-electron chi connectivity index (χ2n) is 7.08. The molecule has 1 amide bonds. The minimum atomic E-state index is -0.673. The summed E-state index contributed by atoms with van der Waals surface area (Å²) in [5.41, 5.74) is 2.86. The molecule has 2 aromatic rings. The van der Waals surface area contributed by atoms with Crippen LogP contribution in [0.15, 0.2) is 48.5 Å². The Kier molecular flexibility index (Phi) is 4.98. The minimum Gasteiger partial charge on any atom is -0.497 e. The Hall–Kier alpha value is -2.49. The highest BCUT2D eigenvalue weighted by Crippen LogP contribution is 2.24. The number of benzene rings is 2. The van der Waals surface area contributed by atoms with Crippen molar-refractivity contribution in [2.75, 3.05) is 19.0 Å². The molecule has 2 aromatic carbocycles. The minimum absolute atomic E-state index is 0.125. The highest BCUT2D eigenvalue weighted by atomic mass is 16.5. The number of amides is 1. The smallest absolute Gasteiger partial charge is 0.247 e. The van der Waals surface area contributed by atoms with Crippen LogP contribution in [0.1, 0.15) is 31.4 Å². The zero-order valence-electron chi connectivity index (χ0n) is 15.2. The predicted octanol–water partition coefficient (Wildman–Crippen LogP) is 3.86. The van der Waals surface area contributed by atoms with Crippen molar-refractivity contribution in [1.29, 1.82) is 0 Å². The predicted molar refractivity (Wildman–Crippen MR) is 101 cm³/mol. The first-order valence-corrected chi connectivity index (χ1v) is 8.78. The van der Waals surface area contributed by atoms with Gasteiger partial charge in [-0.05, 0) is 62.1 Å². The van der Waals surface area contributed by atoms with E-state index >= 15 is 0 Å². The molecule has 1 heterocycles. The summed E-state index contributed by atoms with van der Waals surface area (Å²) in [6.45, 7) is 5.36. The number of rotatable bonds is 4. The van der Waals surface area contributed by atoms with Crippen molar-refractivity contribution in [3.05, 3.63) is 59.7 Å². The number of fused-ring (bicyclic) bond motifs is 1. The zero-order chi connectivity index (χ0) is 17.9. The Balaban J connectivity index is 1.73. The van der Waals surface area contributed by atoms with E-state index in [1.54, 1.807) is 7.11 Å². The number of anilines is 1. The highest BCUT2D eigenvalue weighted by molar-refractivity contribution is 5.88. The van der Waals surface area contributed by atoms with Crippen molar-refractivity contribution in [3.8, 4) is 5.75 Å². The van der Waals surface area contributed by atoms with Gasteiger partial charge in [-0.2, -0.15) is 0 Å². The van der Waals surface area contributed by atoms with Crippen molar-refractivity contribution in [3.63, 3.8) is 0 Å². The van der Waals surface area contributed by atoms with E-state index in [4.69, 9.17) is 4.74 Å². The molecule has 0 atom stereocenters. The van der Waals surface area contributed by atoms with Crippen LogP contribution in [0.4, 0.5) is 5.69 Å². The second-order valence-corrected chi connectivity index (χ2v) is 7.08. The SMILES string of the molecule is COc1ccc(NC(C)(C)C(=O)N2CCCc3ccccc3C2)cc1. The van der Waals surface area contributed by atoms with Crippen LogP contribution in [0, 0.1) is 0 Å². The average molecular weight is 338 g/mol. The molecule has 25 heavy (non-hydrogen) atoms. The van der Waals surface area contributed by atoms with Gasteiger partial charge in [0.1, 0.15) is 11.3 Å². The summed E-state index contributed by atoms with van der Waals surface area (Å²) in [6.07, 6.45) is 2.04. The maximum absolute atomic E-state index is 13.1. The molecule has 0 radical (unpaired) electrons. The highest BCUT2D eigenvalue weighted by Gasteiger charge is 2.32. The molecule has 0 fully saturated rings. The average Bonchev–Trinajstić information content (AvgIpc) is 2.83. The second kappa shape index (κ2) is 7.18. The van der Waals surface area contributed by atoms with E-state index < -0.39 is 5.54 Å². The molecule has 4 heteroatoms. The fraction of sp³-hybridized carbons (Fsp3) is 0.381. The summed E-state index contributed by atoms with van der Waals surface area (Å²) in [4.78, 5) is 15.1. The van der Waals surface area contributed by atoms with Gasteiger partial charge in [-0.1, -0.05) is 24.3 Å². The molecule has 132 valence electrons. The van der Waals surface area contributed by atoms with Crippen LogP contribution in [0.2, 0.25) is 0 Å². The summed E-state index contributed by atoms with van der Waals surface area (Å²) in [5, 5.41) is 3.36. The maximum atomic E-state index is 13.1. The van der Waals surface area contributed by atoms with E-state index in [0.29, 0.717) is 6.54 Å². The lowest BCUT2D eigenvalue weighted by Crippen LogP contribution is -2.49. The lowest BCUT2D eigenvalue weighted by molar-refractivity contribution is -0.135. The third-order valence-corrected chi connectivity index (χ3v) is 4.72. The number of ether oxygens (including phenoxy) is 1. The molecule has 4 nitrogen and oxygen atoms in total. The summed E-state index contributed by atoms with van der Waals surface area (Å²) in [6, 6.07) is 16.1. The van der Waals surface area contributed by atoms with Crippen molar-refractivity contribution in [1.82, 2.24) is 4.90 Å². The van der Waals surface area contributed by atoms with Crippen molar-refractivity contribution >= 4 is 11.6 Å². The molecule has 1 N–H and O–H groups in total. The topological polar surface area (TPSA) is 41.6 Å². The Morgan fingerprint density at radius 3 is 2.44 bits per heavy atom. The van der Waals surface area contributed by atoms with E-state index in [0.717, 1.165) is 30.8 Å². The van der Waals surface area contributed by atoms with Gasteiger partial charge < -0.3 is 15.0 Å². The van der Waals surface area contributed by atoms with E-state index in [1.807, 2.05) is 49.1 Å². The molecule has 1 aliphatic rings. The van der Waals surface area contributed by atoms with Crippen LogP contribution in [-0.2, 0) is 17.8 Å².